The average molecular weight is 468 g/mol. The molecule has 2 rings (SSSR count). The maximum absolute atomic E-state index is 6.26. The molecule has 0 aromatic heterocycles. The summed E-state index contributed by atoms with van der Waals surface area (Å²) in [4.78, 5) is 4.62. The second kappa shape index (κ2) is 9.56. The minimum atomic E-state index is -0.0265. The molecule has 7 heteroatoms. The maximum Gasteiger partial charge on any atom is 0.191 e. The molecule has 0 fully saturated rings. The summed E-state index contributed by atoms with van der Waals surface area (Å²) in [5, 5.41) is 7.23. The molecule has 0 spiro atoms. The first-order chi connectivity index (χ1) is 10.9. The monoisotopic (exact) mass is 467 g/mol. The van der Waals surface area contributed by atoms with Crippen LogP contribution >= 0.6 is 35.6 Å². The fraction of sp³-hybridized carbons (Fsp3) is 0.588. The van der Waals surface area contributed by atoms with Crippen molar-refractivity contribution >= 4 is 41.5 Å². The smallest absolute Gasteiger partial charge is 0.191 e. The molecular weight excluding hydrogens is 441 g/mol. The maximum atomic E-state index is 6.26. The number of guanidine groups is 1. The lowest BCUT2D eigenvalue weighted by Gasteiger charge is -2.23. The van der Waals surface area contributed by atoms with E-state index in [4.69, 9.17) is 21.1 Å². The molecule has 0 unspecified atom stereocenters. The highest BCUT2D eigenvalue weighted by molar-refractivity contribution is 14.0. The van der Waals surface area contributed by atoms with Crippen LogP contribution in [0.5, 0.6) is 11.5 Å². The molecule has 2 N–H and O–H groups in total. The molecule has 0 saturated carbocycles. The van der Waals surface area contributed by atoms with E-state index in [0.29, 0.717) is 30.5 Å². The van der Waals surface area contributed by atoms with Crippen LogP contribution in [0.1, 0.15) is 33.3 Å². The van der Waals surface area contributed by atoms with Crippen LogP contribution in [0.4, 0.5) is 0 Å². The van der Waals surface area contributed by atoms with E-state index in [1.165, 1.54) is 0 Å². The molecule has 1 aromatic carbocycles. The summed E-state index contributed by atoms with van der Waals surface area (Å²) in [5.74, 6) is 2.19. The zero-order valence-electron chi connectivity index (χ0n) is 14.7. The number of hydrogen-bond acceptors (Lipinski definition) is 3. The summed E-state index contributed by atoms with van der Waals surface area (Å²) >= 11 is 6.26. The molecule has 1 aliphatic heterocycles. The normalized spacial score (nSPS) is 14.0. The Hall–Kier alpha value is -0.890. The summed E-state index contributed by atoms with van der Waals surface area (Å²) < 4.78 is 11.1. The lowest BCUT2D eigenvalue weighted by atomic mass is 10.1. The highest BCUT2D eigenvalue weighted by Gasteiger charge is 2.16. The van der Waals surface area contributed by atoms with E-state index in [1.54, 1.807) is 0 Å². The summed E-state index contributed by atoms with van der Waals surface area (Å²) in [6.07, 6.45) is 0.789. The van der Waals surface area contributed by atoms with Gasteiger partial charge in [-0.15, -0.1) is 24.0 Å². The van der Waals surface area contributed by atoms with Crippen molar-refractivity contribution in [2.75, 3.05) is 26.3 Å². The van der Waals surface area contributed by atoms with Crippen molar-refractivity contribution in [3.63, 3.8) is 0 Å². The molecule has 0 aliphatic carbocycles. The van der Waals surface area contributed by atoms with Gasteiger partial charge in [0.15, 0.2) is 17.5 Å². The predicted molar refractivity (Wildman–Crippen MR) is 110 cm³/mol. The highest BCUT2D eigenvalue weighted by Crippen LogP contribution is 2.38. The van der Waals surface area contributed by atoms with E-state index in [1.807, 2.05) is 12.1 Å². The lowest BCUT2D eigenvalue weighted by molar-refractivity contribution is 0.171. The Morgan fingerprint density at radius 1 is 1.25 bits per heavy atom. The second-order valence-corrected chi connectivity index (χ2v) is 6.89. The van der Waals surface area contributed by atoms with Crippen molar-refractivity contribution in [2.45, 2.75) is 39.7 Å². The van der Waals surface area contributed by atoms with Gasteiger partial charge < -0.3 is 20.1 Å². The van der Waals surface area contributed by atoms with Crippen LogP contribution < -0.4 is 20.1 Å². The highest BCUT2D eigenvalue weighted by atomic mass is 127. The molecule has 0 amide bonds. The zero-order valence-corrected chi connectivity index (χ0v) is 17.8. The van der Waals surface area contributed by atoms with Gasteiger partial charge in [0.25, 0.3) is 0 Å². The molecule has 0 bridgehead atoms. The third kappa shape index (κ3) is 6.55. The third-order valence-corrected chi connectivity index (χ3v) is 3.45. The molecule has 1 heterocycles. The summed E-state index contributed by atoms with van der Waals surface area (Å²) in [5.41, 5.74) is 1.07. The molecule has 136 valence electrons. The Bertz CT molecular complexity index is 574. The second-order valence-electron chi connectivity index (χ2n) is 6.49. The average Bonchev–Trinajstić information content (AvgIpc) is 2.46. The van der Waals surface area contributed by atoms with Crippen LogP contribution in [-0.4, -0.2) is 37.8 Å². The number of benzene rings is 1. The van der Waals surface area contributed by atoms with E-state index in [2.05, 4.69) is 43.3 Å². The van der Waals surface area contributed by atoms with Crippen molar-refractivity contribution in [2.24, 2.45) is 4.99 Å². The first kappa shape index (κ1) is 21.2. The summed E-state index contributed by atoms with van der Waals surface area (Å²) in [6.45, 7) is 11.0. The van der Waals surface area contributed by atoms with Crippen LogP contribution in [0.3, 0.4) is 0 Å². The molecule has 1 aromatic rings. The SMILES string of the molecule is CCNC(=NCCc1cc(Cl)c2c(c1)OCCO2)NC(C)(C)C.I. The lowest BCUT2D eigenvalue weighted by Crippen LogP contribution is -2.47. The van der Waals surface area contributed by atoms with E-state index >= 15 is 0 Å². The van der Waals surface area contributed by atoms with Gasteiger partial charge in [0.05, 0.1) is 5.02 Å². The summed E-state index contributed by atoms with van der Waals surface area (Å²) in [6, 6.07) is 3.91. The Labute approximate surface area is 166 Å². The van der Waals surface area contributed by atoms with Crippen LogP contribution in [0.15, 0.2) is 17.1 Å². The number of fused-ring (bicyclic) bond motifs is 1. The van der Waals surface area contributed by atoms with Gasteiger partial charge in [0, 0.05) is 18.6 Å². The van der Waals surface area contributed by atoms with Crippen LogP contribution in [0.2, 0.25) is 5.02 Å². The van der Waals surface area contributed by atoms with Crippen molar-refractivity contribution in [1.82, 2.24) is 10.6 Å². The van der Waals surface area contributed by atoms with Crippen molar-refractivity contribution in [3.05, 3.63) is 22.7 Å². The van der Waals surface area contributed by atoms with Crippen LogP contribution in [0, 0.1) is 0 Å². The largest absolute Gasteiger partial charge is 0.486 e. The first-order valence-electron chi connectivity index (χ1n) is 8.03. The topological polar surface area (TPSA) is 54.9 Å². The Kier molecular flexibility index (Phi) is 8.42. The third-order valence-electron chi connectivity index (χ3n) is 3.16. The number of hydrogen-bond donors (Lipinski definition) is 2. The van der Waals surface area contributed by atoms with Gasteiger partial charge in [-0.05, 0) is 51.8 Å². The predicted octanol–water partition coefficient (Wildman–Crippen LogP) is 3.63. The molecule has 24 heavy (non-hydrogen) atoms. The van der Waals surface area contributed by atoms with Gasteiger partial charge in [0.1, 0.15) is 13.2 Å². The molecule has 0 atom stereocenters. The van der Waals surface area contributed by atoms with Crippen LogP contribution in [-0.2, 0) is 6.42 Å². The minimum absolute atomic E-state index is 0. The van der Waals surface area contributed by atoms with E-state index < -0.39 is 0 Å². The number of nitrogens with one attached hydrogen (secondary N) is 2. The molecular formula is C17H27ClIN3O2. The van der Waals surface area contributed by atoms with E-state index in [-0.39, 0.29) is 29.5 Å². The van der Waals surface area contributed by atoms with Gasteiger partial charge in [0.2, 0.25) is 0 Å². The number of aliphatic imine (C=N–C) groups is 1. The fourth-order valence-electron chi connectivity index (χ4n) is 2.27. The molecule has 0 saturated heterocycles. The van der Waals surface area contributed by atoms with Crippen LogP contribution in [0.25, 0.3) is 0 Å². The molecule has 1 aliphatic rings. The van der Waals surface area contributed by atoms with Gasteiger partial charge in [-0.2, -0.15) is 0 Å². The standard InChI is InChI=1S/C17H26ClN3O2.HI/c1-5-19-16(21-17(2,3)4)20-7-6-12-10-13(18)15-14(11-12)22-8-9-23-15;/h10-11H,5-9H2,1-4H3,(H2,19,20,21);1H. The fourth-order valence-corrected chi connectivity index (χ4v) is 2.56. The van der Waals surface area contributed by atoms with Gasteiger partial charge in [-0.1, -0.05) is 11.6 Å². The summed E-state index contributed by atoms with van der Waals surface area (Å²) in [7, 11) is 0. The quantitative estimate of drug-likeness (QED) is 0.403. The Balaban J connectivity index is 0.00000288. The molecule has 0 radical (unpaired) electrons. The van der Waals surface area contributed by atoms with Crippen molar-refractivity contribution < 1.29 is 9.47 Å². The number of nitrogens with zero attached hydrogens (tertiary/aromatic N) is 1. The van der Waals surface area contributed by atoms with Gasteiger partial charge in [-0.25, -0.2) is 0 Å². The van der Waals surface area contributed by atoms with E-state index in [0.717, 1.165) is 30.2 Å². The van der Waals surface area contributed by atoms with Gasteiger partial charge in [-0.3, -0.25) is 4.99 Å². The number of halogens is 2. The van der Waals surface area contributed by atoms with Crippen molar-refractivity contribution in [1.29, 1.82) is 0 Å². The van der Waals surface area contributed by atoms with E-state index in [9.17, 15) is 0 Å². The first-order valence-corrected chi connectivity index (χ1v) is 8.41. The van der Waals surface area contributed by atoms with Crippen molar-refractivity contribution in [3.8, 4) is 11.5 Å². The molecule has 5 nitrogen and oxygen atoms in total. The number of ether oxygens (including phenoxy) is 2. The zero-order chi connectivity index (χ0) is 16.9. The Morgan fingerprint density at radius 3 is 2.62 bits per heavy atom. The number of rotatable bonds is 4. The Morgan fingerprint density at radius 2 is 1.96 bits per heavy atom. The van der Waals surface area contributed by atoms with Gasteiger partial charge >= 0.3 is 0 Å². The minimum Gasteiger partial charge on any atom is -0.486 e.